The molecule has 0 aliphatic rings. The molecule has 3 heteroatoms. The highest BCUT2D eigenvalue weighted by atomic mass is 16.2. The minimum absolute atomic E-state index is 0.0987. The Hall–Kier alpha value is -1.35. The van der Waals surface area contributed by atoms with E-state index in [2.05, 4.69) is 17.4 Å². The molecule has 3 nitrogen and oxygen atoms in total. The second kappa shape index (κ2) is 5.51. The van der Waals surface area contributed by atoms with Crippen LogP contribution in [0, 0.1) is 0 Å². The Morgan fingerprint density at radius 2 is 1.93 bits per heavy atom. The van der Waals surface area contributed by atoms with E-state index in [0.29, 0.717) is 0 Å². The summed E-state index contributed by atoms with van der Waals surface area (Å²) in [6, 6.07) is 9.75. The maximum atomic E-state index is 11.3. The van der Waals surface area contributed by atoms with Crippen LogP contribution in [0.2, 0.25) is 0 Å². The van der Waals surface area contributed by atoms with Crippen molar-refractivity contribution in [3.05, 3.63) is 35.9 Å². The van der Waals surface area contributed by atoms with Gasteiger partial charge in [0, 0.05) is 6.04 Å². The number of nitrogens with two attached hydrogens (primary N) is 1. The highest BCUT2D eigenvalue weighted by Gasteiger charge is 2.10. The summed E-state index contributed by atoms with van der Waals surface area (Å²) in [5.41, 5.74) is 6.68. The van der Waals surface area contributed by atoms with E-state index in [0.717, 1.165) is 6.42 Å². The molecule has 0 aliphatic heterocycles. The molecular formula is C12H18N2O. The molecule has 2 atom stereocenters. The number of carbonyl (C=O) groups excluding carboxylic acids is 1. The van der Waals surface area contributed by atoms with Crippen molar-refractivity contribution in [3.8, 4) is 0 Å². The van der Waals surface area contributed by atoms with Crippen LogP contribution < -0.4 is 11.1 Å². The first kappa shape index (κ1) is 11.7. The van der Waals surface area contributed by atoms with Gasteiger partial charge in [-0.05, 0) is 25.8 Å². The molecule has 1 aromatic carbocycles. The van der Waals surface area contributed by atoms with Crippen molar-refractivity contribution >= 4 is 5.91 Å². The molecule has 3 N–H and O–H groups in total. The van der Waals surface area contributed by atoms with E-state index in [9.17, 15) is 4.79 Å². The van der Waals surface area contributed by atoms with Gasteiger partial charge in [0.2, 0.25) is 5.91 Å². The molecule has 0 saturated heterocycles. The minimum atomic E-state index is -0.441. The molecule has 0 fully saturated rings. The largest absolute Gasteiger partial charge is 0.352 e. The predicted molar refractivity (Wildman–Crippen MR) is 61.4 cm³/mol. The van der Waals surface area contributed by atoms with Crippen molar-refractivity contribution in [1.29, 1.82) is 0 Å². The summed E-state index contributed by atoms with van der Waals surface area (Å²) >= 11 is 0. The zero-order valence-corrected chi connectivity index (χ0v) is 9.23. The van der Waals surface area contributed by atoms with Crippen molar-refractivity contribution < 1.29 is 4.79 Å². The first-order valence-electron chi connectivity index (χ1n) is 5.19. The third-order valence-corrected chi connectivity index (χ3v) is 2.19. The maximum absolute atomic E-state index is 11.3. The molecule has 1 rings (SSSR count). The normalized spacial score (nSPS) is 14.3. The fraction of sp³-hybridized carbons (Fsp3) is 0.417. The van der Waals surface area contributed by atoms with Gasteiger partial charge in [-0.25, -0.2) is 0 Å². The highest BCUT2D eigenvalue weighted by Crippen LogP contribution is 2.02. The fourth-order valence-electron chi connectivity index (χ4n) is 1.39. The Morgan fingerprint density at radius 3 is 2.47 bits per heavy atom. The molecule has 15 heavy (non-hydrogen) atoms. The summed E-state index contributed by atoms with van der Waals surface area (Å²) in [6.07, 6.45) is 0.833. The third kappa shape index (κ3) is 4.13. The van der Waals surface area contributed by atoms with E-state index in [1.54, 1.807) is 6.92 Å². The fourth-order valence-corrected chi connectivity index (χ4v) is 1.39. The van der Waals surface area contributed by atoms with Gasteiger partial charge in [-0.3, -0.25) is 4.79 Å². The average molecular weight is 206 g/mol. The molecule has 0 aliphatic carbocycles. The number of hydrogen-bond donors (Lipinski definition) is 2. The Balaban J connectivity index is 2.43. The van der Waals surface area contributed by atoms with Gasteiger partial charge in [0.1, 0.15) is 0 Å². The van der Waals surface area contributed by atoms with Crippen molar-refractivity contribution in [1.82, 2.24) is 5.32 Å². The Bertz CT molecular complexity index is 309. The van der Waals surface area contributed by atoms with Gasteiger partial charge < -0.3 is 11.1 Å². The zero-order valence-electron chi connectivity index (χ0n) is 9.23. The maximum Gasteiger partial charge on any atom is 0.236 e. The van der Waals surface area contributed by atoms with Crippen LogP contribution in [0.4, 0.5) is 0 Å². The van der Waals surface area contributed by atoms with Crippen LogP contribution in [-0.2, 0) is 11.2 Å². The number of carbonyl (C=O) groups is 1. The van der Waals surface area contributed by atoms with E-state index in [1.807, 2.05) is 25.1 Å². The molecule has 82 valence electrons. The zero-order chi connectivity index (χ0) is 11.3. The molecule has 0 bridgehead atoms. The van der Waals surface area contributed by atoms with Crippen molar-refractivity contribution in [3.63, 3.8) is 0 Å². The Labute approximate surface area is 90.7 Å². The highest BCUT2D eigenvalue weighted by molar-refractivity contribution is 5.81. The first-order valence-corrected chi connectivity index (χ1v) is 5.19. The molecule has 0 radical (unpaired) electrons. The Morgan fingerprint density at radius 1 is 1.33 bits per heavy atom. The molecule has 0 aromatic heterocycles. The summed E-state index contributed by atoms with van der Waals surface area (Å²) in [6.45, 7) is 3.66. The van der Waals surface area contributed by atoms with Gasteiger partial charge >= 0.3 is 0 Å². The molecular weight excluding hydrogens is 188 g/mol. The van der Waals surface area contributed by atoms with Crippen LogP contribution in [-0.4, -0.2) is 18.0 Å². The number of nitrogens with one attached hydrogen (secondary N) is 1. The minimum Gasteiger partial charge on any atom is -0.352 e. The number of amides is 1. The smallest absolute Gasteiger partial charge is 0.236 e. The average Bonchev–Trinajstić information content (AvgIpc) is 2.18. The van der Waals surface area contributed by atoms with Crippen LogP contribution in [0.25, 0.3) is 0 Å². The number of benzene rings is 1. The van der Waals surface area contributed by atoms with Gasteiger partial charge in [0.25, 0.3) is 0 Å². The first-order chi connectivity index (χ1) is 7.09. The molecule has 1 aromatic rings. The second-order valence-corrected chi connectivity index (χ2v) is 3.89. The SMILES string of the molecule is C[C@H](Cc1ccccc1)NC(=O)[C@@H](C)N. The van der Waals surface area contributed by atoms with Gasteiger partial charge in [0.05, 0.1) is 6.04 Å². The molecule has 0 saturated carbocycles. The summed E-state index contributed by atoms with van der Waals surface area (Å²) in [4.78, 5) is 11.3. The van der Waals surface area contributed by atoms with Crippen molar-refractivity contribution in [2.24, 2.45) is 5.73 Å². The van der Waals surface area contributed by atoms with Crippen LogP contribution in [0.15, 0.2) is 30.3 Å². The third-order valence-electron chi connectivity index (χ3n) is 2.19. The van der Waals surface area contributed by atoms with E-state index < -0.39 is 6.04 Å². The quantitative estimate of drug-likeness (QED) is 0.774. The topological polar surface area (TPSA) is 55.1 Å². The summed E-state index contributed by atoms with van der Waals surface area (Å²) < 4.78 is 0. The molecule has 0 unspecified atom stereocenters. The van der Waals surface area contributed by atoms with Gasteiger partial charge in [-0.1, -0.05) is 30.3 Å². The summed E-state index contributed by atoms with van der Waals surface area (Å²) in [7, 11) is 0. The van der Waals surface area contributed by atoms with Gasteiger partial charge in [-0.15, -0.1) is 0 Å². The number of hydrogen-bond acceptors (Lipinski definition) is 2. The Kier molecular flexibility index (Phi) is 4.31. The van der Waals surface area contributed by atoms with Gasteiger partial charge in [-0.2, -0.15) is 0 Å². The molecule has 0 heterocycles. The predicted octanol–water partition coefficient (Wildman–Crippen LogP) is 1.08. The standard InChI is InChI=1S/C12H18N2O/c1-9(14-12(15)10(2)13)8-11-6-4-3-5-7-11/h3-7,9-10H,8,13H2,1-2H3,(H,14,15)/t9-,10-/m1/s1. The van der Waals surface area contributed by atoms with E-state index >= 15 is 0 Å². The lowest BCUT2D eigenvalue weighted by Crippen LogP contribution is -2.43. The molecule has 0 spiro atoms. The summed E-state index contributed by atoms with van der Waals surface area (Å²) in [5.74, 6) is -0.0987. The van der Waals surface area contributed by atoms with E-state index in [4.69, 9.17) is 5.73 Å². The van der Waals surface area contributed by atoms with Crippen LogP contribution in [0.5, 0.6) is 0 Å². The van der Waals surface area contributed by atoms with Gasteiger partial charge in [0.15, 0.2) is 0 Å². The van der Waals surface area contributed by atoms with Crippen molar-refractivity contribution in [2.45, 2.75) is 32.4 Å². The van der Waals surface area contributed by atoms with E-state index in [1.165, 1.54) is 5.56 Å². The van der Waals surface area contributed by atoms with Crippen LogP contribution in [0.3, 0.4) is 0 Å². The monoisotopic (exact) mass is 206 g/mol. The summed E-state index contributed by atoms with van der Waals surface area (Å²) in [5, 5.41) is 2.86. The second-order valence-electron chi connectivity index (χ2n) is 3.89. The number of rotatable bonds is 4. The van der Waals surface area contributed by atoms with Crippen LogP contribution >= 0.6 is 0 Å². The molecule has 1 amide bonds. The van der Waals surface area contributed by atoms with Crippen LogP contribution in [0.1, 0.15) is 19.4 Å². The lowest BCUT2D eigenvalue weighted by Gasteiger charge is -2.15. The lowest BCUT2D eigenvalue weighted by atomic mass is 10.1. The van der Waals surface area contributed by atoms with Crippen molar-refractivity contribution in [2.75, 3.05) is 0 Å². The lowest BCUT2D eigenvalue weighted by molar-refractivity contribution is -0.122. The van der Waals surface area contributed by atoms with E-state index in [-0.39, 0.29) is 11.9 Å².